The maximum absolute atomic E-state index is 12.0. The van der Waals surface area contributed by atoms with Crippen LogP contribution in [0.2, 0.25) is 0 Å². The van der Waals surface area contributed by atoms with Crippen LogP contribution in [0.4, 0.5) is 0 Å². The first-order valence-corrected chi connectivity index (χ1v) is 8.40. The smallest absolute Gasteiger partial charge is 0.220 e. The fourth-order valence-corrected chi connectivity index (χ4v) is 3.19. The van der Waals surface area contributed by atoms with Gasteiger partial charge in [0.15, 0.2) is 0 Å². The molecule has 0 bridgehead atoms. The molecule has 0 unspecified atom stereocenters. The number of hydrogen-bond donors (Lipinski definition) is 1. The zero-order valence-corrected chi connectivity index (χ0v) is 14.6. The lowest BCUT2D eigenvalue weighted by molar-refractivity contribution is -0.121. The van der Waals surface area contributed by atoms with Gasteiger partial charge in [0.2, 0.25) is 5.91 Å². The standard InChI is InChI=1S/C20H24N2O2/c1-14-9-10-19-18(12-14)17(15(2)22(19)3)7-4-8-20(23)21-13-16-6-5-11-24-16/h5-6,9-12H,4,7-8,13H2,1-3H3,(H,21,23). The molecule has 0 saturated heterocycles. The summed E-state index contributed by atoms with van der Waals surface area (Å²) in [5.74, 6) is 0.851. The predicted molar refractivity (Wildman–Crippen MR) is 95.9 cm³/mol. The van der Waals surface area contributed by atoms with Crippen molar-refractivity contribution in [3.8, 4) is 0 Å². The largest absolute Gasteiger partial charge is 0.467 e. The van der Waals surface area contributed by atoms with Crippen LogP contribution in [0.1, 0.15) is 35.4 Å². The van der Waals surface area contributed by atoms with Gasteiger partial charge in [-0.3, -0.25) is 4.79 Å². The molecular formula is C20H24N2O2. The number of hydrogen-bond acceptors (Lipinski definition) is 2. The number of benzene rings is 1. The third-order valence-corrected chi connectivity index (χ3v) is 4.65. The van der Waals surface area contributed by atoms with Crippen LogP contribution in [0.3, 0.4) is 0 Å². The number of nitrogens with zero attached hydrogens (tertiary/aromatic N) is 1. The molecule has 0 aliphatic carbocycles. The van der Waals surface area contributed by atoms with Crippen LogP contribution >= 0.6 is 0 Å². The molecule has 0 spiro atoms. The first-order valence-electron chi connectivity index (χ1n) is 8.40. The lowest BCUT2D eigenvalue weighted by Crippen LogP contribution is -2.22. The molecule has 0 atom stereocenters. The second kappa shape index (κ2) is 6.95. The molecule has 0 radical (unpaired) electrons. The van der Waals surface area contributed by atoms with Crippen LogP contribution in [0.25, 0.3) is 10.9 Å². The van der Waals surface area contributed by atoms with Crippen molar-refractivity contribution in [2.75, 3.05) is 0 Å². The molecule has 2 aromatic heterocycles. The monoisotopic (exact) mass is 324 g/mol. The molecule has 1 amide bonds. The van der Waals surface area contributed by atoms with Gasteiger partial charge in [0.05, 0.1) is 12.8 Å². The van der Waals surface area contributed by atoms with Crippen LogP contribution in [0.15, 0.2) is 41.0 Å². The lowest BCUT2D eigenvalue weighted by atomic mass is 10.0. The molecule has 4 nitrogen and oxygen atoms in total. The Morgan fingerprint density at radius 1 is 1.25 bits per heavy atom. The maximum Gasteiger partial charge on any atom is 0.220 e. The molecule has 24 heavy (non-hydrogen) atoms. The van der Waals surface area contributed by atoms with Crippen molar-refractivity contribution in [1.82, 2.24) is 9.88 Å². The number of aromatic nitrogens is 1. The molecular weight excluding hydrogens is 300 g/mol. The summed E-state index contributed by atoms with van der Waals surface area (Å²) in [6.45, 7) is 4.73. The van der Waals surface area contributed by atoms with Crippen LogP contribution in [-0.2, 0) is 24.8 Å². The SMILES string of the molecule is Cc1ccc2c(c1)c(CCCC(=O)NCc1ccco1)c(C)n2C. The first kappa shape index (κ1) is 16.4. The number of aryl methyl sites for hydroxylation is 3. The van der Waals surface area contributed by atoms with Crippen LogP contribution < -0.4 is 5.32 Å². The summed E-state index contributed by atoms with van der Waals surface area (Å²) in [6, 6.07) is 10.3. The zero-order valence-electron chi connectivity index (χ0n) is 14.6. The summed E-state index contributed by atoms with van der Waals surface area (Å²) in [4.78, 5) is 12.0. The molecule has 3 aromatic rings. The number of furan rings is 1. The molecule has 1 aromatic carbocycles. The van der Waals surface area contributed by atoms with Crippen molar-refractivity contribution in [2.45, 2.75) is 39.7 Å². The number of nitrogens with one attached hydrogen (secondary N) is 1. The van der Waals surface area contributed by atoms with Crippen LogP contribution in [0.5, 0.6) is 0 Å². The molecule has 0 fully saturated rings. The normalized spacial score (nSPS) is 11.1. The van der Waals surface area contributed by atoms with Crippen molar-refractivity contribution in [3.63, 3.8) is 0 Å². The van der Waals surface area contributed by atoms with E-state index >= 15 is 0 Å². The van der Waals surface area contributed by atoms with Gasteiger partial charge in [-0.15, -0.1) is 0 Å². The summed E-state index contributed by atoms with van der Waals surface area (Å²) in [7, 11) is 2.10. The van der Waals surface area contributed by atoms with Crippen LogP contribution in [0, 0.1) is 13.8 Å². The van der Waals surface area contributed by atoms with Gasteiger partial charge in [0.1, 0.15) is 5.76 Å². The Morgan fingerprint density at radius 2 is 2.08 bits per heavy atom. The van der Waals surface area contributed by atoms with E-state index in [4.69, 9.17) is 4.42 Å². The van der Waals surface area contributed by atoms with E-state index in [-0.39, 0.29) is 5.91 Å². The molecule has 1 N–H and O–H groups in total. The van der Waals surface area contributed by atoms with Crippen molar-refractivity contribution >= 4 is 16.8 Å². The Labute approximate surface area is 142 Å². The lowest BCUT2D eigenvalue weighted by Gasteiger charge is -2.05. The highest BCUT2D eigenvalue weighted by Crippen LogP contribution is 2.27. The maximum atomic E-state index is 12.0. The Balaban J connectivity index is 1.60. The van der Waals surface area contributed by atoms with Crippen LogP contribution in [-0.4, -0.2) is 10.5 Å². The molecule has 0 aliphatic heterocycles. The number of amides is 1. The highest BCUT2D eigenvalue weighted by atomic mass is 16.3. The van der Waals surface area contributed by atoms with Crippen molar-refractivity contribution in [3.05, 3.63) is 59.2 Å². The Bertz CT molecular complexity index is 844. The van der Waals surface area contributed by atoms with Gasteiger partial charge in [-0.25, -0.2) is 0 Å². The van der Waals surface area contributed by atoms with Gasteiger partial charge in [0, 0.05) is 30.1 Å². The van der Waals surface area contributed by atoms with Crippen molar-refractivity contribution in [1.29, 1.82) is 0 Å². The topological polar surface area (TPSA) is 47.2 Å². The predicted octanol–water partition coefficient (Wildman–Crippen LogP) is 4.03. The minimum atomic E-state index is 0.0699. The molecule has 4 heteroatoms. The molecule has 0 aliphatic rings. The van der Waals surface area contributed by atoms with Gasteiger partial charge in [-0.05, 0) is 56.5 Å². The first-order chi connectivity index (χ1) is 11.6. The fourth-order valence-electron chi connectivity index (χ4n) is 3.19. The van der Waals surface area contributed by atoms with Crippen molar-refractivity contribution in [2.24, 2.45) is 7.05 Å². The summed E-state index contributed by atoms with van der Waals surface area (Å²) in [5, 5.41) is 4.21. The Morgan fingerprint density at radius 3 is 2.83 bits per heavy atom. The zero-order chi connectivity index (χ0) is 17.1. The quantitative estimate of drug-likeness (QED) is 0.744. The van der Waals surface area contributed by atoms with E-state index in [1.165, 1.54) is 27.7 Å². The van der Waals surface area contributed by atoms with E-state index in [1.54, 1.807) is 6.26 Å². The molecule has 3 rings (SSSR count). The van der Waals surface area contributed by atoms with E-state index in [1.807, 2.05) is 12.1 Å². The number of carbonyl (C=O) groups is 1. The van der Waals surface area contributed by atoms with Gasteiger partial charge < -0.3 is 14.3 Å². The summed E-state index contributed by atoms with van der Waals surface area (Å²) >= 11 is 0. The van der Waals surface area contributed by atoms with E-state index in [0.717, 1.165) is 18.6 Å². The molecule has 0 saturated carbocycles. The molecule has 2 heterocycles. The van der Waals surface area contributed by atoms with Gasteiger partial charge >= 0.3 is 0 Å². The van der Waals surface area contributed by atoms with Gasteiger partial charge in [-0.1, -0.05) is 11.6 Å². The average Bonchev–Trinajstić information content (AvgIpc) is 3.16. The number of rotatable bonds is 6. The Hall–Kier alpha value is -2.49. The minimum absolute atomic E-state index is 0.0699. The van der Waals surface area contributed by atoms with E-state index in [9.17, 15) is 4.79 Å². The average molecular weight is 324 g/mol. The summed E-state index contributed by atoms with van der Waals surface area (Å²) < 4.78 is 7.46. The van der Waals surface area contributed by atoms with E-state index < -0.39 is 0 Å². The summed E-state index contributed by atoms with van der Waals surface area (Å²) in [6.07, 6.45) is 3.91. The third kappa shape index (κ3) is 3.37. The van der Waals surface area contributed by atoms with E-state index in [0.29, 0.717) is 13.0 Å². The Kier molecular flexibility index (Phi) is 4.74. The number of fused-ring (bicyclic) bond motifs is 1. The highest BCUT2D eigenvalue weighted by molar-refractivity contribution is 5.86. The highest BCUT2D eigenvalue weighted by Gasteiger charge is 2.12. The third-order valence-electron chi connectivity index (χ3n) is 4.65. The number of carbonyl (C=O) groups excluding carboxylic acids is 1. The second-order valence-corrected chi connectivity index (χ2v) is 6.35. The van der Waals surface area contributed by atoms with Gasteiger partial charge in [-0.2, -0.15) is 0 Å². The summed E-state index contributed by atoms with van der Waals surface area (Å²) in [5.41, 5.74) is 5.17. The minimum Gasteiger partial charge on any atom is -0.467 e. The van der Waals surface area contributed by atoms with E-state index in [2.05, 4.69) is 49.0 Å². The van der Waals surface area contributed by atoms with Gasteiger partial charge in [0.25, 0.3) is 0 Å². The second-order valence-electron chi connectivity index (χ2n) is 6.35. The fraction of sp³-hybridized carbons (Fsp3) is 0.350. The molecule has 126 valence electrons. The van der Waals surface area contributed by atoms with Crippen molar-refractivity contribution < 1.29 is 9.21 Å².